The van der Waals surface area contributed by atoms with Gasteiger partial charge in [-0.15, -0.1) is 0 Å². The number of nitrogens with one attached hydrogen (secondary N) is 2. The fraction of sp³-hybridized carbons (Fsp3) is 0.188. The van der Waals surface area contributed by atoms with E-state index in [1.165, 1.54) is 12.1 Å². The molecule has 0 bridgehead atoms. The predicted octanol–water partition coefficient (Wildman–Crippen LogP) is 4.74. The first-order valence-electron chi connectivity index (χ1n) is 6.87. The molecular formula is C16H13Cl2F3N2O. The van der Waals surface area contributed by atoms with E-state index in [-0.39, 0.29) is 23.8 Å². The zero-order chi connectivity index (χ0) is 17.7. The Labute approximate surface area is 146 Å². The molecule has 0 unspecified atom stereocenters. The van der Waals surface area contributed by atoms with Gasteiger partial charge in [0.2, 0.25) is 5.91 Å². The van der Waals surface area contributed by atoms with E-state index >= 15 is 0 Å². The number of benzene rings is 2. The van der Waals surface area contributed by atoms with Crippen molar-refractivity contribution in [2.45, 2.75) is 12.7 Å². The monoisotopic (exact) mass is 376 g/mol. The highest BCUT2D eigenvalue weighted by Gasteiger charge is 2.33. The normalized spacial score (nSPS) is 11.2. The van der Waals surface area contributed by atoms with Gasteiger partial charge >= 0.3 is 6.18 Å². The van der Waals surface area contributed by atoms with Gasteiger partial charge in [-0.2, -0.15) is 13.2 Å². The molecule has 0 aliphatic heterocycles. The zero-order valence-electron chi connectivity index (χ0n) is 12.3. The molecule has 2 aromatic carbocycles. The number of hydrogen-bond donors (Lipinski definition) is 2. The van der Waals surface area contributed by atoms with Crippen LogP contribution >= 0.6 is 23.2 Å². The Morgan fingerprint density at radius 3 is 2.25 bits per heavy atom. The summed E-state index contributed by atoms with van der Waals surface area (Å²) in [4.78, 5) is 11.8. The molecule has 2 aromatic rings. The van der Waals surface area contributed by atoms with E-state index in [0.717, 1.165) is 11.6 Å². The molecule has 0 saturated carbocycles. The standard InChI is InChI=1S/C16H13Cl2F3N2O/c17-11-3-1-10(2-4-11)8-23-15(24)9-22-14-6-5-12(18)7-13(14)16(19,20)21/h1-7,22H,8-9H2,(H,23,24). The smallest absolute Gasteiger partial charge is 0.376 e. The molecule has 0 atom stereocenters. The van der Waals surface area contributed by atoms with Crippen LogP contribution < -0.4 is 10.6 Å². The van der Waals surface area contributed by atoms with Gasteiger partial charge in [-0.25, -0.2) is 0 Å². The van der Waals surface area contributed by atoms with Crippen LogP contribution in [0.3, 0.4) is 0 Å². The van der Waals surface area contributed by atoms with Crippen LogP contribution in [0.1, 0.15) is 11.1 Å². The highest BCUT2D eigenvalue weighted by Crippen LogP contribution is 2.36. The van der Waals surface area contributed by atoms with Crippen molar-refractivity contribution in [1.29, 1.82) is 0 Å². The van der Waals surface area contributed by atoms with Crippen LogP contribution in [0.15, 0.2) is 42.5 Å². The minimum atomic E-state index is -4.56. The summed E-state index contributed by atoms with van der Waals surface area (Å²) in [5, 5.41) is 5.64. The van der Waals surface area contributed by atoms with Crippen molar-refractivity contribution in [3.05, 3.63) is 63.6 Å². The molecule has 24 heavy (non-hydrogen) atoms. The Bertz CT molecular complexity index is 718. The van der Waals surface area contributed by atoms with E-state index in [4.69, 9.17) is 23.2 Å². The van der Waals surface area contributed by atoms with Gasteiger partial charge in [-0.05, 0) is 35.9 Å². The molecule has 2 rings (SSSR count). The second-order valence-corrected chi connectivity index (χ2v) is 5.82. The van der Waals surface area contributed by atoms with Gasteiger partial charge in [-0.3, -0.25) is 4.79 Å². The summed E-state index contributed by atoms with van der Waals surface area (Å²) < 4.78 is 38.8. The van der Waals surface area contributed by atoms with Gasteiger partial charge in [0.15, 0.2) is 0 Å². The number of rotatable bonds is 5. The van der Waals surface area contributed by atoms with E-state index in [1.807, 2.05) is 0 Å². The van der Waals surface area contributed by atoms with E-state index in [0.29, 0.717) is 5.02 Å². The summed E-state index contributed by atoms with van der Waals surface area (Å²) in [5.74, 6) is -0.437. The molecular weight excluding hydrogens is 364 g/mol. The third kappa shape index (κ3) is 5.32. The first-order chi connectivity index (χ1) is 11.3. The highest BCUT2D eigenvalue weighted by molar-refractivity contribution is 6.31. The summed E-state index contributed by atoms with van der Waals surface area (Å²) in [7, 11) is 0. The average Bonchev–Trinajstić information content (AvgIpc) is 2.52. The molecule has 1 amide bonds. The molecule has 0 radical (unpaired) electrons. The zero-order valence-corrected chi connectivity index (χ0v) is 13.8. The van der Waals surface area contributed by atoms with Crippen LogP contribution in [0.25, 0.3) is 0 Å². The maximum Gasteiger partial charge on any atom is 0.418 e. The molecule has 0 aliphatic carbocycles. The largest absolute Gasteiger partial charge is 0.418 e. The van der Waals surface area contributed by atoms with Crippen molar-refractivity contribution in [2.24, 2.45) is 0 Å². The van der Waals surface area contributed by atoms with Gasteiger partial charge in [-0.1, -0.05) is 35.3 Å². The Morgan fingerprint density at radius 2 is 1.62 bits per heavy atom. The van der Waals surface area contributed by atoms with Crippen molar-refractivity contribution in [2.75, 3.05) is 11.9 Å². The quantitative estimate of drug-likeness (QED) is 0.790. The van der Waals surface area contributed by atoms with Crippen molar-refractivity contribution >= 4 is 34.8 Å². The number of carbonyl (C=O) groups is 1. The maximum atomic E-state index is 12.9. The summed E-state index contributed by atoms with van der Waals surface area (Å²) in [6, 6.07) is 10.2. The van der Waals surface area contributed by atoms with Gasteiger partial charge in [0.1, 0.15) is 0 Å². The predicted molar refractivity (Wildman–Crippen MR) is 88.2 cm³/mol. The highest BCUT2D eigenvalue weighted by atomic mass is 35.5. The van der Waals surface area contributed by atoms with Crippen LogP contribution in [-0.2, 0) is 17.5 Å². The summed E-state index contributed by atoms with van der Waals surface area (Å²) >= 11 is 11.4. The van der Waals surface area contributed by atoms with Crippen molar-refractivity contribution < 1.29 is 18.0 Å². The van der Waals surface area contributed by atoms with Crippen molar-refractivity contribution in [3.8, 4) is 0 Å². The van der Waals surface area contributed by atoms with Crippen LogP contribution in [0.2, 0.25) is 10.0 Å². The molecule has 0 aliphatic rings. The number of hydrogen-bond acceptors (Lipinski definition) is 2. The lowest BCUT2D eigenvalue weighted by Crippen LogP contribution is -2.29. The molecule has 128 valence electrons. The minimum absolute atomic E-state index is 0.0277. The lowest BCUT2D eigenvalue weighted by molar-refractivity contribution is -0.137. The molecule has 0 saturated heterocycles. The van der Waals surface area contributed by atoms with E-state index in [2.05, 4.69) is 10.6 Å². The third-order valence-corrected chi connectivity index (χ3v) is 3.62. The van der Waals surface area contributed by atoms with Crippen LogP contribution in [0.4, 0.5) is 18.9 Å². The summed E-state index contributed by atoms with van der Waals surface area (Å²) in [6.45, 7) is -0.0390. The lowest BCUT2D eigenvalue weighted by Gasteiger charge is -2.15. The van der Waals surface area contributed by atoms with Crippen molar-refractivity contribution in [3.63, 3.8) is 0 Å². The first-order valence-corrected chi connectivity index (χ1v) is 7.63. The molecule has 0 spiro atoms. The maximum absolute atomic E-state index is 12.9. The Morgan fingerprint density at radius 1 is 1.00 bits per heavy atom. The fourth-order valence-corrected chi connectivity index (χ4v) is 2.24. The molecule has 3 nitrogen and oxygen atoms in total. The Balaban J connectivity index is 1.93. The molecule has 8 heteroatoms. The summed E-state index contributed by atoms with van der Waals surface area (Å²) in [5.41, 5.74) is -0.288. The number of anilines is 1. The molecule has 0 fully saturated rings. The second kappa shape index (κ2) is 7.77. The van der Waals surface area contributed by atoms with Gasteiger partial charge < -0.3 is 10.6 Å². The first kappa shape index (κ1) is 18.4. The van der Waals surface area contributed by atoms with E-state index < -0.39 is 17.6 Å². The topological polar surface area (TPSA) is 41.1 Å². The number of amides is 1. The van der Waals surface area contributed by atoms with E-state index in [9.17, 15) is 18.0 Å². The summed E-state index contributed by atoms with van der Waals surface area (Å²) in [6.07, 6.45) is -4.56. The van der Waals surface area contributed by atoms with Crippen LogP contribution in [-0.4, -0.2) is 12.5 Å². The Kier molecular flexibility index (Phi) is 5.96. The fourth-order valence-electron chi connectivity index (χ4n) is 1.95. The molecule has 0 aromatic heterocycles. The number of carbonyl (C=O) groups excluding carboxylic acids is 1. The lowest BCUT2D eigenvalue weighted by atomic mass is 10.1. The van der Waals surface area contributed by atoms with Gasteiger partial charge in [0.25, 0.3) is 0 Å². The molecule has 0 heterocycles. The number of alkyl halides is 3. The minimum Gasteiger partial charge on any atom is -0.376 e. The third-order valence-electron chi connectivity index (χ3n) is 3.13. The SMILES string of the molecule is O=C(CNc1ccc(Cl)cc1C(F)(F)F)NCc1ccc(Cl)cc1. The average molecular weight is 377 g/mol. The van der Waals surface area contributed by atoms with Gasteiger partial charge in [0, 0.05) is 22.3 Å². The van der Waals surface area contributed by atoms with Gasteiger partial charge in [0.05, 0.1) is 12.1 Å². The van der Waals surface area contributed by atoms with Crippen molar-refractivity contribution in [1.82, 2.24) is 5.32 Å². The van der Waals surface area contributed by atoms with Crippen LogP contribution in [0, 0.1) is 0 Å². The Hall–Kier alpha value is -1.92. The van der Waals surface area contributed by atoms with Crippen LogP contribution in [0.5, 0.6) is 0 Å². The van der Waals surface area contributed by atoms with E-state index in [1.54, 1.807) is 24.3 Å². The molecule has 2 N–H and O–H groups in total. The number of halogens is 5. The second-order valence-electron chi connectivity index (χ2n) is 4.94.